The molecule has 1 unspecified atom stereocenters. The summed E-state index contributed by atoms with van der Waals surface area (Å²) >= 11 is 12.2. The summed E-state index contributed by atoms with van der Waals surface area (Å²) in [6.07, 6.45) is 6.70. The second-order valence-corrected chi connectivity index (χ2v) is 12.6. The highest BCUT2D eigenvalue weighted by molar-refractivity contribution is 6.42. The van der Waals surface area contributed by atoms with Crippen molar-refractivity contribution in [2.45, 2.75) is 62.0 Å². The van der Waals surface area contributed by atoms with E-state index >= 15 is 0 Å². The monoisotopic (exact) mass is 545 g/mol. The van der Waals surface area contributed by atoms with Crippen molar-refractivity contribution in [3.8, 4) is 5.75 Å². The number of ether oxygens (including phenoxy) is 2. The molecule has 37 heavy (non-hydrogen) atoms. The molecule has 5 rings (SSSR count). The van der Waals surface area contributed by atoms with Gasteiger partial charge in [-0.3, -0.25) is 4.79 Å². The van der Waals surface area contributed by atoms with Crippen LogP contribution in [0.4, 0.5) is 0 Å². The van der Waals surface area contributed by atoms with Gasteiger partial charge in [-0.25, -0.2) is 0 Å². The first-order chi connectivity index (χ1) is 17.7. The van der Waals surface area contributed by atoms with E-state index in [2.05, 4.69) is 30.6 Å². The number of quaternary nitrogens is 1. The average molecular weight is 547 g/mol. The third-order valence-corrected chi connectivity index (χ3v) is 9.94. The van der Waals surface area contributed by atoms with Gasteiger partial charge in [0.2, 0.25) is 5.91 Å². The second-order valence-electron chi connectivity index (χ2n) is 11.8. The first kappa shape index (κ1) is 26.8. The molecule has 7 heteroatoms. The number of carbonyl (C=O) groups is 1. The zero-order valence-electron chi connectivity index (χ0n) is 22.2. The van der Waals surface area contributed by atoms with Crippen LogP contribution >= 0.6 is 23.2 Å². The van der Waals surface area contributed by atoms with E-state index in [1.54, 1.807) is 19.2 Å². The van der Waals surface area contributed by atoms with Crippen LogP contribution in [0.15, 0.2) is 42.5 Å². The molecule has 3 fully saturated rings. The predicted molar refractivity (Wildman–Crippen MR) is 148 cm³/mol. The summed E-state index contributed by atoms with van der Waals surface area (Å²) in [6.45, 7) is 3.35. The fraction of sp³-hybridized carbons (Fsp3) is 0.567. The lowest BCUT2D eigenvalue weighted by Crippen LogP contribution is -2.72. The molecule has 1 aliphatic heterocycles. The Labute approximate surface area is 231 Å². The summed E-state index contributed by atoms with van der Waals surface area (Å²) in [4.78, 5) is 13.1. The Morgan fingerprint density at radius 2 is 1.89 bits per heavy atom. The van der Waals surface area contributed by atoms with Crippen molar-refractivity contribution in [2.24, 2.45) is 5.92 Å². The van der Waals surface area contributed by atoms with Crippen LogP contribution in [0.1, 0.15) is 49.7 Å². The Balaban J connectivity index is 1.41. The van der Waals surface area contributed by atoms with Crippen molar-refractivity contribution in [3.05, 3.63) is 63.6 Å². The fourth-order valence-electron chi connectivity index (χ4n) is 7.20. The molecule has 0 radical (unpaired) electrons. The van der Waals surface area contributed by atoms with E-state index in [9.17, 15) is 4.79 Å². The van der Waals surface area contributed by atoms with Crippen molar-refractivity contribution in [3.63, 3.8) is 0 Å². The SMILES string of the molecule is COc1cccc([C@@]23CC[N@+](C)(CC4CC4)CC2(OC)CC[C@H](NC(=O)Cc2ccc(Cl)c(Cl)c2)C3)c1. The molecule has 2 aliphatic carbocycles. The summed E-state index contributed by atoms with van der Waals surface area (Å²) < 4.78 is 13.3. The minimum Gasteiger partial charge on any atom is -0.497 e. The molecule has 2 aromatic rings. The number of benzene rings is 2. The van der Waals surface area contributed by atoms with Crippen molar-refractivity contribution in [1.29, 1.82) is 0 Å². The molecule has 4 atom stereocenters. The van der Waals surface area contributed by atoms with Crippen LogP contribution in [-0.2, 0) is 21.4 Å². The molecule has 1 N–H and O–H groups in total. The number of nitrogens with zero attached hydrogens (tertiary/aromatic N) is 1. The molecule has 0 aromatic heterocycles. The fourth-order valence-corrected chi connectivity index (χ4v) is 7.52. The Hall–Kier alpha value is -1.79. The van der Waals surface area contributed by atoms with Crippen molar-refractivity contribution >= 4 is 29.1 Å². The molecular weight excluding hydrogens is 507 g/mol. The zero-order chi connectivity index (χ0) is 26.3. The van der Waals surface area contributed by atoms with Crippen LogP contribution in [0.2, 0.25) is 10.0 Å². The van der Waals surface area contributed by atoms with Crippen LogP contribution in [0.25, 0.3) is 0 Å². The number of hydrogen-bond donors (Lipinski definition) is 1. The summed E-state index contributed by atoms with van der Waals surface area (Å²) in [5, 5.41) is 4.33. The smallest absolute Gasteiger partial charge is 0.224 e. The largest absolute Gasteiger partial charge is 0.497 e. The molecule has 0 spiro atoms. The lowest BCUT2D eigenvalue weighted by atomic mass is 9.54. The molecule has 1 heterocycles. The van der Waals surface area contributed by atoms with E-state index in [4.69, 9.17) is 32.7 Å². The Kier molecular flexibility index (Phi) is 7.54. The number of nitrogens with one attached hydrogen (secondary N) is 1. The van der Waals surface area contributed by atoms with Gasteiger partial charge in [-0.1, -0.05) is 41.4 Å². The van der Waals surface area contributed by atoms with Crippen LogP contribution < -0.4 is 10.1 Å². The number of carbonyl (C=O) groups excluding carboxylic acids is 1. The minimum atomic E-state index is -0.286. The molecular formula is C30H39Cl2N2O3+. The van der Waals surface area contributed by atoms with E-state index in [1.165, 1.54) is 24.9 Å². The third-order valence-electron chi connectivity index (χ3n) is 9.20. The topological polar surface area (TPSA) is 47.6 Å². The second kappa shape index (κ2) is 10.4. The van der Waals surface area contributed by atoms with Gasteiger partial charge in [0.15, 0.2) is 0 Å². The van der Waals surface area contributed by atoms with Crippen LogP contribution in [0, 0.1) is 5.92 Å². The van der Waals surface area contributed by atoms with E-state index in [0.717, 1.165) is 60.5 Å². The highest BCUT2D eigenvalue weighted by Crippen LogP contribution is 2.55. The van der Waals surface area contributed by atoms with Crippen LogP contribution in [-0.4, -0.2) is 62.9 Å². The number of hydrogen-bond acceptors (Lipinski definition) is 3. The third kappa shape index (κ3) is 5.38. The lowest BCUT2D eigenvalue weighted by molar-refractivity contribution is -0.925. The number of likely N-dealkylation sites (tertiary alicyclic amines) is 1. The number of methoxy groups -OCH3 is 2. The zero-order valence-corrected chi connectivity index (χ0v) is 23.7. The Morgan fingerprint density at radius 1 is 1.08 bits per heavy atom. The first-order valence-electron chi connectivity index (χ1n) is 13.5. The van der Waals surface area contributed by atoms with E-state index < -0.39 is 0 Å². The van der Waals surface area contributed by atoms with Gasteiger partial charge in [0, 0.05) is 30.9 Å². The van der Waals surface area contributed by atoms with Crippen molar-refractivity contribution < 1.29 is 18.8 Å². The molecule has 1 amide bonds. The maximum atomic E-state index is 13.1. The maximum absolute atomic E-state index is 13.1. The van der Waals surface area contributed by atoms with E-state index in [-0.39, 0.29) is 29.4 Å². The maximum Gasteiger partial charge on any atom is 0.224 e. The quantitative estimate of drug-likeness (QED) is 0.426. The molecule has 2 aromatic carbocycles. The van der Waals surface area contributed by atoms with Crippen LogP contribution in [0.3, 0.4) is 0 Å². The molecule has 200 valence electrons. The Bertz CT molecular complexity index is 1160. The Morgan fingerprint density at radius 3 is 2.59 bits per heavy atom. The minimum absolute atomic E-state index is 0.0132. The molecule has 0 bridgehead atoms. The number of amides is 1. The van der Waals surface area contributed by atoms with Crippen molar-refractivity contribution in [1.82, 2.24) is 5.32 Å². The molecule has 5 nitrogen and oxygen atoms in total. The van der Waals surface area contributed by atoms with Gasteiger partial charge in [-0.15, -0.1) is 0 Å². The van der Waals surface area contributed by atoms with E-state index in [1.807, 2.05) is 19.2 Å². The molecule has 3 aliphatic rings. The van der Waals surface area contributed by atoms with Crippen molar-refractivity contribution in [2.75, 3.05) is 40.9 Å². The van der Waals surface area contributed by atoms with Gasteiger partial charge in [0.25, 0.3) is 0 Å². The normalized spacial score (nSPS) is 31.4. The molecule has 1 saturated heterocycles. The van der Waals surface area contributed by atoms with Gasteiger partial charge in [-0.2, -0.15) is 0 Å². The summed E-state index contributed by atoms with van der Waals surface area (Å²) in [5.41, 5.74) is 1.64. The van der Waals surface area contributed by atoms with Gasteiger partial charge in [0.05, 0.1) is 43.7 Å². The van der Waals surface area contributed by atoms with Gasteiger partial charge < -0.3 is 19.3 Å². The van der Waals surface area contributed by atoms with Gasteiger partial charge >= 0.3 is 0 Å². The molecule has 2 saturated carbocycles. The van der Waals surface area contributed by atoms with Crippen LogP contribution in [0.5, 0.6) is 5.75 Å². The lowest BCUT2D eigenvalue weighted by Gasteiger charge is -2.61. The number of halogens is 2. The highest BCUT2D eigenvalue weighted by Gasteiger charge is 2.63. The predicted octanol–water partition coefficient (Wildman–Crippen LogP) is 5.80. The number of likely N-dealkylation sites (N-methyl/N-ethyl adjacent to an activating group) is 1. The van der Waals surface area contributed by atoms with E-state index in [0.29, 0.717) is 10.0 Å². The number of piperidine rings is 1. The van der Waals surface area contributed by atoms with Gasteiger partial charge in [-0.05, 0) is 67.5 Å². The summed E-state index contributed by atoms with van der Waals surface area (Å²) in [5.74, 6) is 1.74. The number of fused-ring (bicyclic) bond motifs is 1. The number of rotatable bonds is 8. The highest BCUT2D eigenvalue weighted by atomic mass is 35.5. The standard InChI is InChI=1S/C30H38Cl2N2O3/c1-34(19-21-7-8-21)14-13-29(23-5-4-6-25(17-23)36-2)18-24(11-12-30(29,20-34)37-3)33-28(35)16-22-9-10-26(31)27(32)15-22/h4-6,9-10,15,17,21,24H,7-8,11-14,16,18-20H2,1-3H3/p+1/t24-,29-,30?,34+/m0/s1. The summed E-state index contributed by atoms with van der Waals surface area (Å²) in [7, 11) is 6.03. The summed E-state index contributed by atoms with van der Waals surface area (Å²) in [6, 6.07) is 14.0. The average Bonchev–Trinajstić information content (AvgIpc) is 3.70. The first-order valence-corrected chi connectivity index (χ1v) is 14.2. The van der Waals surface area contributed by atoms with Gasteiger partial charge in [0.1, 0.15) is 17.9 Å².